The molecular weight excluding hydrogens is 426 g/mol. The molecule has 7 nitrogen and oxygen atoms in total. The molecule has 0 bridgehead atoms. The van der Waals surface area contributed by atoms with Gasteiger partial charge in [0.1, 0.15) is 6.54 Å². The highest BCUT2D eigenvalue weighted by atomic mass is 16.2. The Kier molecular flexibility index (Phi) is 7.52. The average Bonchev–Trinajstić information content (AvgIpc) is 2.92. The first kappa shape index (κ1) is 23.4. The predicted molar refractivity (Wildman–Crippen MR) is 133 cm³/mol. The number of amides is 2. The van der Waals surface area contributed by atoms with Gasteiger partial charge in [0.2, 0.25) is 11.8 Å². The molecule has 3 aromatic rings. The van der Waals surface area contributed by atoms with Gasteiger partial charge in [-0.15, -0.1) is 10.2 Å². The topological polar surface area (TPSA) is 69.6 Å². The van der Waals surface area contributed by atoms with E-state index in [4.69, 9.17) is 0 Å². The molecule has 2 amide bonds. The van der Waals surface area contributed by atoms with E-state index < -0.39 is 0 Å². The zero-order valence-electron chi connectivity index (χ0n) is 19.8. The molecule has 1 aliphatic heterocycles. The molecule has 0 unspecified atom stereocenters. The fourth-order valence-electron chi connectivity index (χ4n) is 4.24. The number of carbonyl (C=O) groups is 2. The minimum absolute atomic E-state index is 0.0166. The van der Waals surface area contributed by atoms with Crippen LogP contribution in [0.4, 0.5) is 5.82 Å². The molecule has 0 radical (unpaired) electrons. The van der Waals surface area contributed by atoms with Crippen molar-refractivity contribution in [3.05, 3.63) is 78.4 Å². The van der Waals surface area contributed by atoms with Gasteiger partial charge in [0.05, 0.1) is 11.7 Å². The van der Waals surface area contributed by atoms with Gasteiger partial charge in [0.25, 0.3) is 0 Å². The SMILES string of the molecule is CCC(=O)N(CC(=O)N1CCN(c2ccc(-c3ccccc3)nn2)CC1)[C@H](C)c1ccccc1. The molecule has 176 valence electrons. The van der Waals surface area contributed by atoms with Crippen LogP contribution < -0.4 is 4.90 Å². The van der Waals surface area contributed by atoms with Crippen LogP contribution in [-0.4, -0.2) is 64.5 Å². The molecule has 2 heterocycles. The lowest BCUT2D eigenvalue weighted by Crippen LogP contribution is -2.52. The molecule has 1 fully saturated rings. The second kappa shape index (κ2) is 10.9. The van der Waals surface area contributed by atoms with E-state index in [1.807, 2.05) is 91.5 Å². The number of rotatable bonds is 7. The zero-order valence-corrected chi connectivity index (χ0v) is 19.8. The van der Waals surface area contributed by atoms with Crippen LogP contribution in [0.3, 0.4) is 0 Å². The molecular formula is C27H31N5O2. The van der Waals surface area contributed by atoms with Crippen molar-refractivity contribution in [1.82, 2.24) is 20.0 Å². The van der Waals surface area contributed by atoms with Crippen molar-refractivity contribution < 1.29 is 9.59 Å². The van der Waals surface area contributed by atoms with Gasteiger partial charge in [-0.3, -0.25) is 9.59 Å². The first-order chi connectivity index (χ1) is 16.6. The predicted octanol–water partition coefficient (Wildman–Crippen LogP) is 3.79. The van der Waals surface area contributed by atoms with Gasteiger partial charge in [0.15, 0.2) is 5.82 Å². The molecule has 1 aromatic heterocycles. The summed E-state index contributed by atoms with van der Waals surface area (Å²) in [5.74, 6) is 0.777. The van der Waals surface area contributed by atoms with Crippen molar-refractivity contribution in [2.75, 3.05) is 37.6 Å². The van der Waals surface area contributed by atoms with E-state index in [1.165, 1.54) is 0 Å². The smallest absolute Gasteiger partial charge is 0.242 e. The summed E-state index contributed by atoms with van der Waals surface area (Å²) in [4.78, 5) is 31.4. The minimum atomic E-state index is -0.155. The molecule has 2 aromatic carbocycles. The van der Waals surface area contributed by atoms with Gasteiger partial charge in [-0.2, -0.15) is 0 Å². The maximum Gasteiger partial charge on any atom is 0.242 e. The van der Waals surface area contributed by atoms with E-state index in [1.54, 1.807) is 4.90 Å². The minimum Gasteiger partial charge on any atom is -0.352 e. The third kappa shape index (κ3) is 5.42. The van der Waals surface area contributed by atoms with Crippen molar-refractivity contribution in [3.63, 3.8) is 0 Å². The summed E-state index contributed by atoms with van der Waals surface area (Å²) in [6, 6.07) is 23.6. The van der Waals surface area contributed by atoms with Crippen molar-refractivity contribution in [3.8, 4) is 11.3 Å². The quantitative estimate of drug-likeness (QED) is 0.540. The Morgan fingerprint density at radius 3 is 2.12 bits per heavy atom. The highest BCUT2D eigenvalue weighted by molar-refractivity contribution is 5.85. The summed E-state index contributed by atoms with van der Waals surface area (Å²) < 4.78 is 0. The molecule has 7 heteroatoms. The number of hydrogen-bond acceptors (Lipinski definition) is 5. The van der Waals surface area contributed by atoms with Crippen molar-refractivity contribution >= 4 is 17.6 Å². The van der Waals surface area contributed by atoms with Crippen LogP contribution in [-0.2, 0) is 9.59 Å². The average molecular weight is 458 g/mol. The zero-order chi connectivity index (χ0) is 23.9. The van der Waals surface area contributed by atoms with Gasteiger partial charge >= 0.3 is 0 Å². The number of hydrogen-bond donors (Lipinski definition) is 0. The fraction of sp³-hybridized carbons (Fsp3) is 0.333. The van der Waals surface area contributed by atoms with Gasteiger partial charge in [-0.1, -0.05) is 67.6 Å². The Hall–Kier alpha value is -3.74. The molecule has 1 saturated heterocycles. The van der Waals surface area contributed by atoms with E-state index in [-0.39, 0.29) is 24.4 Å². The Morgan fingerprint density at radius 1 is 0.882 bits per heavy atom. The molecule has 0 saturated carbocycles. The summed E-state index contributed by atoms with van der Waals surface area (Å²) in [6.07, 6.45) is 0.371. The van der Waals surface area contributed by atoms with Crippen LogP contribution in [0.15, 0.2) is 72.8 Å². The van der Waals surface area contributed by atoms with Crippen LogP contribution in [0.25, 0.3) is 11.3 Å². The highest BCUT2D eigenvalue weighted by Gasteiger charge is 2.27. The lowest BCUT2D eigenvalue weighted by Gasteiger charge is -2.37. The van der Waals surface area contributed by atoms with Crippen LogP contribution in [0.1, 0.15) is 31.9 Å². The Labute approximate surface area is 201 Å². The van der Waals surface area contributed by atoms with Crippen LogP contribution in [0.2, 0.25) is 0 Å². The van der Waals surface area contributed by atoms with Gasteiger partial charge in [-0.25, -0.2) is 0 Å². The number of nitrogens with zero attached hydrogens (tertiary/aromatic N) is 5. The first-order valence-corrected chi connectivity index (χ1v) is 11.8. The molecule has 4 rings (SSSR count). The molecule has 1 aliphatic rings. The van der Waals surface area contributed by atoms with E-state index in [9.17, 15) is 9.59 Å². The van der Waals surface area contributed by atoms with Crippen LogP contribution in [0, 0.1) is 0 Å². The van der Waals surface area contributed by atoms with E-state index in [0.29, 0.717) is 32.6 Å². The molecule has 34 heavy (non-hydrogen) atoms. The van der Waals surface area contributed by atoms with Crippen molar-refractivity contribution in [2.24, 2.45) is 0 Å². The summed E-state index contributed by atoms with van der Waals surface area (Å²) in [7, 11) is 0. The van der Waals surface area contributed by atoms with Gasteiger partial charge in [0, 0.05) is 38.2 Å². The van der Waals surface area contributed by atoms with Gasteiger partial charge in [-0.05, 0) is 24.6 Å². The van der Waals surface area contributed by atoms with E-state index >= 15 is 0 Å². The Balaban J connectivity index is 1.35. The normalized spacial score (nSPS) is 14.5. The lowest BCUT2D eigenvalue weighted by atomic mass is 10.1. The number of carbonyl (C=O) groups excluding carboxylic acids is 2. The Bertz CT molecular complexity index is 1080. The van der Waals surface area contributed by atoms with E-state index in [0.717, 1.165) is 22.6 Å². The number of benzene rings is 2. The van der Waals surface area contributed by atoms with Crippen LogP contribution >= 0.6 is 0 Å². The number of piperazine rings is 1. The summed E-state index contributed by atoms with van der Waals surface area (Å²) in [6.45, 7) is 6.45. The third-order valence-corrected chi connectivity index (χ3v) is 6.35. The lowest BCUT2D eigenvalue weighted by molar-refractivity contribution is -0.142. The maximum atomic E-state index is 13.1. The second-order valence-electron chi connectivity index (χ2n) is 8.47. The largest absolute Gasteiger partial charge is 0.352 e. The van der Waals surface area contributed by atoms with Crippen molar-refractivity contribution in [2.45, 2.75) is 26.3 Å². The van der Waals surface area contributed by atoms with Crippen molar-refractivity contribution in [1.29, 1.82) is 0 Å². The summed E-state index contributed by atoms with van der Waals surface area (Å²) in [5, 5.41) is 8.79. The highest BCUT2D eigenvalue weighted by Crippen LogP contribution is 2.22. The molecule has 0 aliphatic carbocycles. The van der Waals surface area contributed by atoms with E-state index in [2.05, 4.69) is 15.1 Å². The Morgan fingerprint density at radius 2 is 1.53 bits per heavy atom. The monoisotopic (exact) mass is 457 g/mol. The summed E-state index contributed by atoms with van der Waals surface area (Å²) in [5.41, 5.74) is 2.90. The van der Waals surface area contributed by atoms with Gasteiger partial charge < -0.3 is 14.7 Å². The number of anilines is 1. The second-order valence-corrected chi connectivity index (χ2v) is 8.47. The molecule has 0 spiro atoms. The standard InChI is InChI=1S/C27H31N5O2/c1-3-26(33)32(21(2)22-10-6-4-7-11-22)20-27(34)31-18-16-30(17-19-31)25-15-14-24(28-29-25)23-12-8-5-9-13-23/h4-15,21H,3,16-20H2,1-2H3/t21-/m1/s1. The molecule has 1 atom stereocenters. The molecule has 0 N–H and O–H groups in total. The van der Waals surface area contributed by atoms with Crippen LogP contribution in [0.5, 0.6) is 0 Å². The summed E-state index contributed by atoms with van der Waals surface area (Å²) >= 11 is 0. The maximum absolute atomic E-state index is 13.1. The first-order valence-electron chi connectivity index (χ1n) is 11.8. The number of aromatic nitrogens is 2. The fourth-order valence-corrected chi connectivity index (χ4v) is 4.24. The third-order valence-electron chi connectivity index (χ3n) is 6.35.